The summed E-state index contributed by atoms with van der Waals surface area (Å²) >= 11 is 0. The molecule has 148 valence electrons. The first-order chi connectivity index (χ1) is 13.6. The number of aromatic nitrogens is 2. The van der Waals surface area contributed by atoms with E-state index in [0.717, 1.165) is 32.4 Å². The summed E-state index contributed by atoms with van der Waals surface area (Å²) in [5.41, 5.74) is 0.130. The summed E-state index contributed by atoms with van der Waals surface area (Å²) in [5, 5.41) is 0. The highest BCUT2D eigenvalue weighted by molar-refractivity contribution is 5.94. The quantitative estimate of drug-likeness (QED) is 0.796. The van der Waals surface area contributed by atoms with Crippen LogP contribution in [0.5, 0.6) is 0 Å². The number of rotatable bonds is 5. The third-order valence-electron chi connectivity index (χ3n) is 5.91. The van der Waals surface area contributed by atoms with Crippen LogP contribution in [-0.4, -0.2) is 56.8 Å². The van der Waals surface area contributed by atoms with Gasteiger partial charge in [-0.3, -0.25) is 9.59 Å². The van der Waals surface area contributed by atoms with Crippen molar-refractivity contribution in [2.75, 3.05) is 19.6 Å². The minimum Gasteiger partial charge on any atom is -0.339 e. The Bertz CT molecular complexity index is 839. The maximum absolute atomic E-state index is 14.0. The Labute approximate surface area is 164 Å². The Balaban J connectivity index is 1.38. The lowest BCUT2D eigenvalue weighted by Crippen LogP contribution is -2.57. The predicted octanol–water partition coefficient (Wildman–Crippen LogP) is 2.57. The number of halogens is 1. The topological polar surface area (TPSA) is 58.4 Å². The third-order valence-corrected chi connectivity index (χ3v) is 5.91. The lowest BCUT2D eigenvalue weighted by atomic mass is 9.83. The fourth-order valence-corrected chi connectivity index (χ4v) is 4.47. The van der Waals surface area contributed by atoms with Gasteiger partial charge in [0.05, 0.1) is 11.9 Å². The van der Waals surface area contributed by atoms with Gasteiger partial charge in [0.15, 0.2) is 0 Å². The predicted molar refractivity (Wildman–Crippen MR) is 102 cm³/mol. The van der Waals surface area contributed by atoms with Crippen molar-refractivity contribution in [1.29, 1.82) is 0 Å². The molecule has 6 nitrogen and oxygen atoms in total. The van der Waals surface area contributed by atoms with Crippen molar-refractivity contribution in [1.82, 2.24) is 19.4 Å². The number of benzene rings is 1. The van der Waals surface area contributed by atoms with Crippen molar-refractivity contribution >= 4 is 11.8 Å². The normalized spacial score (nSPS) is 22.2. The van der Waals surface area contributed by atoms with Crippen molar-refractivity contribution in [3.05, 3.63) is 54.4 Å². The van der Waals surface area contributed by atoms with Gasteiger partial charge < -0.3 is 14.4 Å². The van der Waals surface area contributed by atoms with Gasteiger partial charge in [-0.2, -0.15) is 0 Å². The zero-order valence-corrected chi connectivity index (χ0v) is 15.8. The van der Waals surface area contributed by atoms with Gasteiger partial charge in [0, 0.05) is 51.0 Å². The Morgan fingerprint density at radius 1 is 1.21 bits per heavy atom. The number of amides is 2. The monoisotopic (exact) mass is 384 g/mol. The third kappa shape index (κ3) is 3.79. The van der Waals surface area contributed by atoms with E-state index in [1.165, 1.54) is 12.1 Å². The Kier molecular flexibility index (Phi) is 5.41. The minimum atomic E-state index is -0.477. The number of carbonyl (C=O) groups excluding carboxylic acids is 2. The molecule has 0 saturated carbocycles. The van der Waals surface area contributed by atoms with Gasteiger partial charge in [0.1, 0.15) is 5.82 Å². The Hall–Kier alpha value is -2.70. The number of aryl methyl sites for hydroxylation is 1. The molecule has 0 aliphatic carbocycles. The number of likely N-dealkylation sites (tertiary alicyclic amines) is 2. The van der Waals surface area contributed by atoms with E-state index in [0.29, 0.717) is 19.5 Å². The van der Waals surface area contributed by atoms with Crippen LogP contribution in [0.1, 0.15) is 36.0 Å². The molecule has 4 rings (SSSR count). The molecule has 2 aliphatic rings. The summed E-state index contributed by atoms with van der Waals surface area (Å²) in [6.45, 7) is 2.70. The summed E-state index contributed by atoms with van der Waals surface area (Å²) in [5.74, 6) is -0.258. The number of hydrogen-bond donors (Lipinski definition) is 0. The molecule has 0 radical (unpaired) electrons. The smallest absolute Gasteiger partial charge is 0.256 e. The lowest BCUT2D eigenvalue weighted by Gasteiger charge is -2.47. The molecule has 3 heterocycles. The van der Waals surface area contributed by atoms with Crippen LogP contribution < -0.4 is 0 Å². The number of fused-ring (bicyclic) bond motifs is 1. The molecule has 2 amide bonds. The standard InChI is InChI=1S/C21H25FN4O2/c22-18-5-2-1-4-17(18)21(28)25-12-8-19-16(14-25)6-7-20(27)26(19)11-3-10-24-13-9-23-15-24/h1-2,4-5,9,13,15-16,19H,3,6-8,10-12,14H2/t16-,19+/m1/s1. The molecule has 2 atom stereocenters. The zero-order valence-electron chi connectivity index (χ0n) is 15.8. The van der Waals surface area contributed by atoms with Crippen LogP contribution in [0.3, 0.4) is 0 Å². The van der Waals surface area contributed by atoms with Gasteiger partial charge in [-0.15, -0.1) is 0 Å². The van der Waals surface area contributed by atoms with E-state index >= 15 is 0 Å². The molecule has 0 bridgehead atoms. The molecule has 1 aromatic heterocycles. The summed E-state index contributed by atoms with van der Waals surface area (Å²) in [6, 6.07) is 6.31. The lowest BCUT2D eigenvalue weighted by molar-refractivity contribution is -0.140. The minimum absolute atomic E-state index is 0.130. The first-order valence-electron chi connectivity index (χ1n) is 9.92. The molecular weight excluding hydrogens is 359 g/mol. The van der Waals surface area contributed by atoms with E-state index in [1.54, 1.807) is 29.6 Å². The fraction of sp³-hybridized carbons (Fsp3) is 0.476. The largest absolute Gasteiger partial charge is 0.339 e. The van der Waals surface area contributed by atoms with Crippen LogP contribution in [0.25, 0.3) is 0 Å². The molecule has 2 aliphatic heterocycles. The van der Waals surface area contributed by atoms with Gasteiger partial charge in [-0.1, -0.05) is 12.1 Å². The van der Waals surface area contributed by atoms with E-state index in [2.05, 4.69) is 4.98 Å². The molecule has 2 aromatic rings. The summed E-state index contributed by atoms with van der Waals surface area (Å²) in [7, 11) is 0. The van der Waals surface area contributed by atoms with Crippen molar-refractivity contribution in [3.63, 3.8) is 0 Å². The Morgan fingerprint density at radius 2 is 2.07 bits per heavy atom. The van der Waals surface area contributed by atoms with Crippen LogP contribution in [0.15, 0.2) is 43.0 Å². The van der Waals surface area contributed by atoms with Crippen molar-refractivity contribution < 1.29 is 14.0 Å². The van der Waals surface area contributed by atoms with Crippen LogP contribution >= 0.6 is 0 Å². The highest BCUT2D eigenvalue weighted by Crippen LogP contribution is 2.32. The second-order valence-electron chi connectivity index (χ2n) is 7.63. The van der Waals surface area contributed by atoms with Gasteiger partial charge in [0.2, 0.25) is 5.91 Å². The molecule has 2 saturated heterocycles. The van der Waals surface area contributed by atoms with Gasteiger partial charge >= 0.3 is 0 Å². The maximum atomic E-state index is 14.0. The molecule has 28 heavy (non-hydrogen) atoms. The summed E-state index contributed by atoms with van der Waals surface area (Å²) in [6.07, 6.45) is 8.41. The van der Waals surface area contributed by atoms with Crippen molar-refractivity contribution in [2.24, 2.45) is 5.92 Å². The van der Waals surface area contributed by atoms with E-state index < -0.39 is 5.82 Å². The first kappa shape index (κ1) is 18.7. The van der Waals surface area contributed by atoms with Gasteiger partial charge in [0.25, 0.3) is 5.91 Å². The van der Waals surface area contributed by atoms with Crippen LogP contribution in [0.2, 0.25) is 0 Å². The average Bonchev–Trinajstić information content (AvgIpc) is 3.23. The second-order valence-corrected chi connectivity index (χ2v) is 7.63. The second kappa shape index (κ2) is 8.12. The first-order valence-corrected chi connectivity index (χ1v) is 9.92. The molecule has 2 fully saturated rings. The molecule has 1 aromatic carbocycles. The highest BCUT2D eigenvalue weighted by atomic mass is 19.1. The number of imidazole rings is 1. The van der Waals surface area contributed by atoms with E-state index in [4.69, 9.17) is 0 Å². The SMILES string of the molecule is O=C(c1ccccc1F)N1CC[C@H]2[C@H](CCC(=O)N2CCCn2ccnc2)C1. The molecule has 0 spiro atoms. The van der Waals surface area contributed by atoms with Crippen LogP contribution in [-0.2, 0) is 11.3 Å². The summed E-state index contributed by atoms with van der Waals surface area (Å²) in [4.78, 5) is 33.0. The van der Waals surface area contributed by atoms with Gasteiger partial charge in [-0.25, -0.2) is 9.37 Å². The number of carbonyl (C=O) groups is 2. The van der Waals surface area contributed by atoms with Crippen LogP contribution in [0, 0.1) is 11.7 Å². The maximum Gasteiger partial charge on any atom is 0.256 e. The highest BCUT2D eigenvalue weighted by Gasteiger charge is 2.40. The van der Waals surface area contributed by atoms with E-state index in [-0.39, 0.29) is 29.3 Å². The van der Waals surface area contributed by atoms with E-state index in [9.17, 15) is 14.0 Å². The number of nitrogens with zero attached hydrogens (tertiary/aromatic N) is 4. The fourth-order valence-electron chi connectivity index (χ4n) is 4.47. The number of piperidine rings is 2. The van der Waals surface area contributed by atoms with Gasteiger partial charge in [-0.05, 0) is 37.3 Å². The molecule has 7 heteroatoms. The summed E-state index contributed by atoms with van der Waals surface area (Å²) < 4.78 is 16.0. The zero-order chi connectivity index (χ0) is 19.5. The number of hydrogen-bond acceptors (Lipinski definition) is 3. The van der Waals surface area contributed by atoms with Crippen molar-refractivity contribution in [2.45, 2.75) is 38.3 Å². The molecule has 0 unspecified atom stereocenters. The van der Waals surface area contributed by atoms with Crippen LogP contribution in [0.4, 0.5) is 4.39 Å². The van der Waals surface area contributed by atoms with Crippen molar-refractivity contribution in [3.8, 4) is 0 Å². The Morgan fingerprint density at radius 3 is 2.86 bits per heavy atom. The molecular formula is C21H25FN4O2. The van der Waals surface area contributed by atoms with E-state index in [1.807, 2.05) is 15.7 Å². The average molecular weight is 384 g/mol. The molecule has 0 N–H and O–H groups in total.